The van der Waals surface area contributed by atoms with Crippen LogP contribution < -0.4 is 10.6 Å². The summed E-state index contributed by atoms with van der Waals surface area (Å²) in [5.74, 6) is 0.532. The lowest BCUT2D eigenvalue weighted by atomic mass is 9.89. The van der Waals surface area contributed by atoms with E-state index in [1.807, 2.05) is 49.4 Å². The fourth-order valence-electron chi connectivity index (χ4n) is 3.96. The summed E-state index contributed by atoms with van der Waals surface area (Å²) in [6.45, 7) is 4.13. The van der Waals surface area contributed by atoms with Crippen molar-refractivity contribution in [1.82, 2.24) is 0 Å². The first kappa shape index (κ1) is 23.1. The molecule has 1 aliphatic rings. The number of amides is 2. The Hall–Kier alpha value is -3.08. The second kappa shape index (κ2) is 10.2. The van der Waals surface area contributed by atoms with E-state index in [2.05, 4.69) is 23.6 Å². The molecule has 4 rings (SSSR count). The minimum Gasteiger partial charge on any atom is -0.322 e. The topological polar surface area (TPSA) is 82.0 Å². The minimum atomic E-state index is -0.159. The van der Waals surface area contributed by atoms with Crippen molar-refractivity contribution in [3.63, 3.8) is 0 Å². The Labute approximate surface area is 202 Å². The number of hydrogen-bond acceptors (Lipinski definition) is 5. The van der Waals surface area contributed by atoms with Gasteiger partial charge in [0.15, 0.2) is 0 Å². The number of benzene rings is 2. The molecule has 3 aromatic rings. The molecule has 2 aromatic carbocycles. The zero-order chi connectivity index (χ0) is 23.4. The first-order valence-corrected chi connectivity index (χ1v) is 12.7. The van der Waals surface area contributed by atoms with Crippen molar-refractivity contribution in [1.29, 1.82) is 5.26 Å². The van der Waals surface area contributed by atoms with Gasteiger partial charge in [-0.3, -0.25) is 9.59 Å². The van der Waals surface area contributed by atoms with Gasteiger partial charge in [0.2, 0.25) is 5.91 Å². The van der Waals surface area contributed by atoms with Gasteiger partial charge in [-0.25, -0.2) is 0 Å². The molecule has 168 valence electrons. The number of carbonyl (C=O) groups excluding carboxylic acids is 2. The van der Waals surface area contributed by atoms with Crippen LogP contribution in [0.15, 0.2) is 53.4 Å². The smallest absolute Gasteiger partial charge is 0.255 e. The van der Waals surface area contributed by atoms with E-state index in [-0.39, 0.29) is 17.6 Å². The van der Waals surface area contributed by atoms with Crippen molar-refractivity contribution in [3.8, 4) is 6.07 Å². The number of nitrogens with zero attached hydrogens (tertiary/aromatic N) is 1. The zero-order valence-corrected chi connectivity index (χ0v) is 20.2. The maximum Gasteiger partial charge on any atom is 0.255 e. The first-order chi connectivity index (χ1) is 15.9. The van der Waals surface area contributed by atoms with Crippen molar-refractivity contribution in [2.45, 2.75) is 38.0 Å². The van der Waals surface area contributed by atoms with E-state index in [9.17, 15) is 14.9 Å². The van der Waals surface area contributed by atoms with Crippen LogP contribution in [-0.2, 0) is 17.6 Å². The van der Waals surface area contributed by atoms with E-state index in [0.29, 0.717) is 27.7 Å². The SMILES string of the molecule is Cc1ccccc1C(=O)Nc1cccc(SCC(=O)Nc2sc3c(c2C#N)CCC(C)C3)c1. The third kappa shape index (κ3) is 5.47. The summed E-state index contributed by atoms with van der Waals surface area (Å²) in [5, 5.41) is 16.2. The van der Waals surface area contributed by atoms with Crippen LogP contribution in [-0.4, -0.2) is 17.6 Å². The van der Waals surface area contributed by atoms with Gasteiger partial charge in [-0.15, -0.1) is 23.1 Å². The van der Waals surface area contributed by atoms with Gasteiger partial charge in [-0.1, -0.05) is 31.2 Å². The Morgan fingerprint density at radius 3 is 2.79 bits per heavy atom. The number of nitrogens with one attached hydrogen (secondary N) is 2. The average molecular weight is 476 g/mol. The summed E-state index contributed by atoms with van der Waals surface area (Å²) in [6, 6.07) is 17.2. The Bertz CT molecular complexity index is 1240. The summed E-state index contributed by atoms with van der Waals surface area (Å²) in [5.41, 5.74) is 3.97. The van der Waals surface area contributed by atoms with Crippen LogP contribution >= 0.6 is 23.1 Å². The Morgan fingerprint density at radius 2 is 2.00 bits per heavy atom. The number of carbonyl (C=O) groups is 2. The number of rotatable bonds is 6. The number of hydrogen-bond donors (Lipinski definition) is 2. The monoisotopic (exact) mass is 475 g/mol. The Morgan fingerprint density at radius 1 is 1.18 bits per heavy atom. The number of thiophene rings is 1. The molecule has 0 aliphatic heterocycles. The minimum absolute atomic E-state index is 0.141. The second-order valence-electron chi connectivity index (χ2n) is 8.30. The second-order valence-corrected chi connectivity index (χ2v) is 10.5. The molecule has 0 saturated carbocycles. The fourth-order valence-corrected chi connectivity index (χ4v) is 6.09. The lowest BCUT2D eigenvalue weighted by molar-refractivity contribution is -0.113. The standard InChI is InChI=1S/C26H25N3O2S2/c1-16-10-11-21-22(14-27)26(33-23(21)12-16)29-24(30)15-32-19-8-5-7-18(13-19)28-25(31)20-9-4-3-6-17(20)2/h3-9,13,16H,10-12,15H2,1-2H3,(H,28,31)(H,29,30). The maximum absolute atomic E-state index is 12.6. The number of thioether (sulfide) groups is 1. The molecular weight excluding hydrogens is 450 g/mol. The summed E-state index contributed by atoms with van der Waals surface area (Å²) in [7, 11) is 0. The van der Waals surface area contributed by atoms with Crippen LogP contribution in [0.25, 0.3) is 0 Å². The van der Waals surface area contributed by atoms with Crippen LogP contribution in [0.5, 0.6) is 0 Å². The molecule has 1 heterocycles. The predicted octanol–water partition coefficient (Wildman–Crippen LogP) is 6.04. The van der Waals surface area contributed by atoms with Crippen molar-refractivity contribution in [2.75, 3.05) is 16.4 Å². The highest BCUT2D eigenvalue weighted by atomic mass is 32.2. The molecule has 2 N–H and O–H groups in total. The molecule has 7 heteroatoms. The number of aryl methyl sites for hydroxylation is 1. The van der Waals surface area contributed by atoms with Crippen LogP contribution in [0.3, 0.4) is 0 Å². The van der Waals surface area contributed by atoms with Gasteiger partial charge in [-0.05, 0) is 67.5 Å². The summed E-state index contributed by atoms with van der Waals surface area (Å²) in [4.78, 5) is 27.3. The van der Waals surface area contributed by atoms with Crippen LogP contribution in [0.4, 0.5) is 10.7 Å². The van der Waals surface area contributed by atoms with Crippen molar-refractivity contribution in [2.24, 2.45) is 5.92 Å². The van der Waals surface area contributed by atoms with E-state index < -0.39 is 0 Å². The molecular formula is C26H25N3O2S2. The summed E-state index contributed by atoms with van der Waals surface area (Å²) >= 11 is 2.93. The van der Waals surface area contributed by atoms with Gasteiger partial charge in [0.25, 0.3) is 5.91 Å². The molecule has 0 bridgehead atoms. The molecule has 1 unspecified atom stereocenters. The molecule has 1 atom stereocenters. The molecule has 1 aliphatic carbocycles. The highest BCUT2D eigenvalue weighted by Gasteiger charge is 2.24. The first-order valence-electron chi connectivity index (χ1n) is 10.9. The van der Waals surface area contributed by atoms with Crippen molar-refractivity contribution >= 4 is 45.6 Å². The van der Waals surface area contributed by atoms with Gasteiger partial charge in [-0.2, -0.15) is 5.26 Å². The molecule has 2 amide bonds. The third-order valence-corrected chi connectivity index (χ3v) is 7.89. The largest absolute Gasteiger partial charge is 0.322 e. The maximum atomic E-state index is 12.6. The highest BCUT2D eigenvalue weighted by molar-refractivity contribution is 8.00. The molecule has 0 saturated heterocycles. The Balaban J connectivity index is 1.37. The van der Waals surface area contributed by atoms with Crippen molar-refractivity contribution in [3.05, 3.63) is 75.7 Å². The van der Waals surface area contributed by atoms with E-state index in [1.54, 1.807) is 6.07 Å². The number of nitriles is 1. The molecule has 0 fully saturated rings. The van der Waals surface area contributed by atoms with E-state index in [1.165, 1.54) is 28.0 Å². The lowest BCUT2D eigenvalue weighted by Crippen LogP contribution is -2.14. The van der Waals surface area contributed by atoms with Gasteiger partial charge < -0.3 is 10.6 Å². The van der Waals surface area contributed by atoms with Gasteiger partial charge in [0, 0.05) is 21.0 Å². The highest BCUT2D eigenvalue weighted by Crippen LogP contribution is 2.39. The van der Waals surface area contributed by atoms with Gasteiger partial charge in [0.05, 0.1) is 11.3 Å². The zero-order valence-electron chi connectivity index (χ0n) is 18.6. The van der Waals surface area contributed by atoms with Crippen LogP contribution in [0.1, 0.15) is 45.3 Å². The van der Waals surface area contributed by atoms with Gasteiger partial charge >= 0.3 is 0 Å². The lowest BCUT2D eigenvalue weighted by Gasteiger charge is -2.17. The summed E-state index contributed by atoms with van der Waals surface area (Å²) in [6.07, 6.45) is 2.96. The van der Waals surface area contributed by atoms with Crippen molar-refractivity contribution < 1.29 is 9.59 Å². The predicted molar refractivity (Wildman–Crippen MR) is 135 cm³/mol. The van der Waals surface area contributed by atoms with E-state index >= 15 is 0 Å². The van der Waals surface area contributed by atoms with Gasteiger partial charge in [0.1, 0.15) is 11.1 Å². The van der Waals surface area contributed by atoms with E-state index in [4.69, 9.17) is 0 Å². The number of fused-ring (bicyclic) bond motifs is 1. The number of anilines is 2. The quantitative estimate of drug-likeness (QED) is 0.426. The molecule has 5 nitrogen and oxygen atoms in total. The molecule has 1 aromatic heterocycles. The Kier molecular flexibility index (Phi) is 7.17. The fraction of sp³-hybridized carbons (Fsp3) is 0.269. The average Bonchev–Trinajstić information content (AvgIpc) is 3.14. The molecule has 0 spiro atoms. The van der Waals surface area contributed by atoms with Crippen LogP contribution in [0, 0.1) is 24.2 Å². The van der Waals surface area contributed by atoms with E-state index in [0.717, 1.165) is 35.3 Å². The van der Waals surface area contributed by atoms with Crippen LogP contribution in [0.2, 0.25) is 0 Å². The normalized spacial score (nSPS) is 14.8. The molecule has 33 heavy (non-hydrogen) atoms. The third-order valence-electron chi connectivity index (χ3n) is 5.73. The summed E-state index contributed by atoms with van der Waals surface area (Å²) < 4.78 is 0. The molecule has 0 radical (unpaired) electrons.